The Morgan fingerprint density at radius 2 is 2.04 bits per heavy atom. The van der Waals surface area contributed by atoms with Crippen molar-refractivity contribution in [1.29, 1.82) is 0 Å². The van der Waals surface area contributed by atoms with Crippen molar-refractivity contribution in [2.24, 2.45) is 0 Å². The number of hydrogen-bond donors (Lipinski definition) is 1. The molecule has 0 saturated carbocycles. The van der Waals surface area contributed by atoms with Gasteiger partial charge in [0.1, 0.15) is 9.88 Å². The van der Waals surface area contributed by atoms with Gasteiger partial charge in [-0.25, -0.2) is 4.98 Å². The second-order valence-corrected chi connectivity index (χ2v) is 9.00. The highest BCUT2D eigenvalue weighted by Crippen LogP contribution is 2.32. The van der Waals surface area contributed by atoms with Crippen LogP contribution in [0.25, 0.3) is 10.7 Å². The van der Waals surface area contributed by atoms with Crippen LogP contribution in [0.15, 0.2) is 42.6 Å². The zero-order valence-corrected chi connectivity index (χ0v) is 17.7. The van der Waals surface area contributed by atoms with Crippen molar-refractivity contribution in [3.8, 4) is 10.7 Å². The van der Waals surface area contributed by atoms with E-state index in [1.54, 1.807) is 6.20 Å². The number of thiazole rings is 1. The topological polar surface area (TPSA) is 58.1 Å². The molecule has 1 aliphatic rings. The number of hydrogen-bond acceptors (Lipinski definition) is 6. The second kappa shape index (κ2) is 8.51. The fourth-order valence-corrected chi connectivity index (χ4v) is 5.18. The van der Waals surface area contributed by atoms with Crippen molar-refractivity contribution >= 4 is 52.0 Å². The maximum Gasteiger partial charge on any atom is 0.267 e. The van der Waals surface area contributed by atoms with Crippen molar-refractivity contribution < 1.29 is 4.79 Å². The number of aryl methyl sites for hydroxylation is 1. The normalized spacial score (nSPS) is 14.1. The zero-order chi connectivity index (χ0) is 19.5. The van der Waals surface area contributed by atoms with Crippen LogP contribution in [0.5, 0.6) is 0 Å². The van der Waals surface area contributed by atoms with Crippen LogP contribution in [-0.4, -0.2) is 40.5 Å². The molecule has 0 spiro atoms. The molecule has 28 heavy (non-hydrogen) atoms. The Hall–Kier alpha value is -2.09. The van der Waals surface area contributed by atoms with Gasteiger partial charge in [-0.2, -0.15) is 11.8 Å². The number of pyridine rings is 1. The maximum atomic E-state index is 12.8. The fraction of sp³-hybridized carbons (Fsp3) is 0.250. The van der Waals surface area contributed by atoms with E-state index in [0.717, 1.165) is 41.0 Å². The Morgan fingerprint density at radius 1 is 1.21 bits per heavy atom. The van der Waals surface area contributed by atoms with E-state index in [9.17, 15) is 4.79 Å². The quantitative estimate of drug-likeness (QED) is 0.633. The van der Waals surface area contributed by atoms with Crippen LogP contribution in [0.2, 0.25) is 5.02 Å². The number of carbonyl (C=O) groups is 1. The Balaban J connectivity index is 1.51. The van der Waals surface area contributed by atoms with Crippen molar-refractivity contribution in [2.75, 3.05) is 34.8 Å². The number of aromatic nitrogens is 2. The van der Waals surface area contributed by atoms with Gasteiger partial charge in [0.05, 0.1) is 22.1 Å². The number of amides is 1. The van der Waals surface area contributed by atoms with Crippen molar-refractivity contribution in [1.82, 2.24) is 9.97 Å². The first-order chi connectivity index (χ1) is 13.6. The van der Waals surface area contributed by atoms with Gasteiger partial charge >= 0.3 is 0 Å². The third-order valence-corrected chi connectivity index (χ3v) is 6.87. The van der Waals surface area contributed by atoms with E-state index in [0.29, 0.717) is 21.3 Å². The minimum absolute atomic E-state index is 0.185. The van der Waals surface area contributed by atoms with E-state index in [4.69, 9.17) is 11.6 Å². The lowest BCUT2D eigenvalue weighted by Crippen LogP contribution is -2.32. The van der Waals surface area contributed by atoms with Crippen LogP contribution in [0.3, 0.4) is 0 Å². The third kappa shape index (κ3) is 4.16. The molecule has 0 radical (unpaired) electrons. The monoisotopic (exact) mass is 430 g/mol. The predicted molar refractivity (Wildman–Crippen MR) is 119 cm³/mol. The summed E-state index contributed by atoms with van der Waals surface area (Å²) in [6.07, 6.45) is 1.72. The molecule has 0 bridgehead atoms. The van der Waals surface area contributed by atoms with E-state index < -0.39 is 0 Å². The van der Waals surface area contributed by atoms with Crippen LogP contribution in [0.1, 0.15) is 15.4 Å². The van der Waals surface area contributed by atoms with E-state index in [1.165, 1.54) is 11.3 Å². The summed E-state index contributed by atoms with van der Waals surface area (Å²) >= 11 is 9.79. The molecule has 1 amide bonds. The minimum atomic E-state index is -0.185. The molecule has 1 fully saturated rings. The first-order valence-electron chi connectivity index (χ1n) is 8.94. The number of rotatable bonds is 4. The molecule has 0 atom stereocenters. The summed E-state index contributed by atoms with van der Waals surface area (Å²) in [5, 5.41) is 4.33. The van der Waals surface area contributed by atoms with Crippen LogP contribution in [0.4, 0.5) is 11.4 Å². The zero-order valence-electron chi connectivity index (χ0n) is 15.3. The summed E-state index contributed by atoms with van der Waals surface area (Å²) in [5.41, 5.74) is 3.15. The molecule has 1 aromatic carbocycles. The molecule has 2 aromatic heterocycles. The number of thioether (sulfide) groups is 1. The van der Waals surface area contributed by atoms with Gasteiger partial charge in [0.25, 0.3) is 5.91 Å². The number of nitrogens with one attached hydrogen (secondary N) is 1. The average Bonchev–Trinajstić information content (AvgIpc) is 3.11. The summed E-state index contributed by atoms with van der Waals surface area (Å²) in [4.78, 5) is 24.4. The highest BCUT2D eigenvalue weighted by molar-refractivity contribution is 7.99. The van der Waals surface area contributed by atoms with Gasteiger partial charge in [-0.1, -0.05) is 17.7 Å². The second-order valence-electron chi connectivity index (χ2n) is 6.37. The van der Waals surface area contributed by atoms with E-state index in [2.05, 4.69) is 20.2 Å². The average molecular weight is 431 g/mol. The van der Waals surface area contributed by atoms with Crippen LogP contribution in [0, 0.1) is 6.92 Å². The highest BCUT2D eigenvalue weighted by atomic mass is 35.5. The van der Waals surface area contributed by atoms with Crippen molar-refractivity contribution in [3.05, 3.63) is 58.2 Å². The minimum Gasteiger partial charge on any atom is -0.369 e. The number of carbonyl (C=O) groups excluding carboxylic acids is 1. The van der Waals surface area contributed by atoms with Gasteiger partial charge in [0.2, 0.25) is 0 Å². The van der Waals surface area contributed by atoms with Gasteiger partial charge < -0.3 is 10.2 Å². The molecule has 3 aromatic rings. The van der Waals surface area contributed by atoms with Crippen molar-refractivity contribution in [2.45, 2.75) is 6.92 Å². The fourth-order valence-electron chi connectivity index (χ4n) is 3.04. The van der Waals surface area contributed by atoms with E-state index >= 15 is 0 Å². The summed E-state index contributed by atoms with van der Waals surface area (Å²) in [6.45, 7) is 3.82. The number of halogens is 1. The van der Waals surface area contributed by atoms with Crippen LogP contribution >= 0.6 is 34.7 Å². The Labute approximate surface area is 177 Å². The molecular formula is C20H19ClN4OS2. The van der Waals surface area contributed by atoms with Crippen molar-refractivity contribution in [3.63, 3.8) is 0 Å². The van der Waals surface area contributed by atoms with Gasteiger partial charge in [0, 0.05) is 36.5 Å². The molecule has 8 heteroatoms. The highest BCUT2D eigenvalue weighted by Gasteiger charge is 2.18. The first-order valence-corrected chi connectivity index (χ1v) is 11.3. The molecule has 5 nitrogen and oxygen atoms in total. The molecular weight excluding hydrogens is 412 g/mol. The number of anilines is 2. The van der Waals surface area contributed by atoms with E-state index in [1.807, 2.05) is 55.1 Å². The lowest BCUT2D eigenvalue weighted by atomic mass is 10.2. The Kier molecular flexibility index (Phi) is 5.85. The molecule has 0 aliphatic carbocycles. The van der Waals surface area contributed by atoms with E-state index in [-0.39, 0.29) is 5.91 Å². The summed E-state index contributed by atoms with van der Waals surface area (Å²) in [5.74, 6) is 2.03. The van der Waals surface area contributed by atoms with Gasteiger partial charge in [-0.3, -0.25) is 9.78 Å². The Morgan fingerprint density at radius 3 is 2.75 bits per heavy atom. The number of nitrogens with zero attached hydrogens (tertiary/aromatic N) is 3. The summed E-state index contributed by atoms with van der Waals surface area (Å²) in [6, 6.07) is 11.3. The number of benzene rings is 1. The first kappa shape index (κ1) is 19.2. The smallest absolute Gasteiger partial charge is 0.267 e. The maximum absolute atomic E-state index is 12.8. The van der Waals surface area contributed by atoms with Gasteiger partial charge in [-0.15, -0.1) is 11.3 Å². The molecule has 4 rings (SSSR count). The van der Waals surface area contributed by atoms with Gasteiger partial charge in [-0.05, 0) is 37.3 Å². The summed E-state index contributed by atoms with van der Waals surface area (Å²) in [7, 11) is 0. The molecule has 144 valence electrons. The molecule has 1 saturated heterocycles. The predicted octanol–water partition coefficient (Wildman–Crippen LogP) is 4.97. The molecule has 3 heterocycles. The third-order valence-electron chi connectivity index (χ3n) is 4.44. The molecule has 0 unspecified atom stereocenters. The lowest BCUT2D eigenvalue weighted by Gasteiger charge is -2.29. The standard InChI is InChI=1S/C20H19ClN4OS2/c1-13-18(28-20(23-13)16-4-2-3-7-22-16)19(26)24-14-5-6-17(15(21)12-14)25-8-10-27-11-9-25/h2-7,12H,8-11H2,1H3,(H,24,26). The SMILES string of the molecule is Cc1nc(-c2ccccn2)sc1C(=O)Nc1ccc(N2CCSCC2)c(Cl)c1. The lowest BCUT2D eigenvalue weighted by molar-refractivity contribution is 0.103. The Bertz CT molecular complexity index is 987. The van der Waals surface area contributed by atoms with Crippen LogP contribution < -0.4 is 10.2 Å². The van der Waals surface area contributed by atoms with Crippen LogP contribution in [-0.2, 0) is 0 Å². The summed E-state index contributed by atoms with van der Waals surface area (Å²) < 4.78 is 0. The molecule has 1 aliphatic heterocycles. The largest absolute Gasteiger partial charge is 0.369 e. The van der Waals surface area contributed by atoms with Gasteiger partial charge in [0.15, 0.2) is 0 Å². The molecule has 1 N–H and O–H groups in total.